The van der Waals surface area contributed by atoms with E-state index in [9.17, 15) is 14.4 Å². The summed E-state index contributed by atoms with van der Waals surface area (Å²) in [6.45, 7) is 6.36. The van der Waals surface area contributed by atoms with Crippen LogP contribution >= 0.6 is 0 Å². The topological polar surface area (TPSA) is 119 Å². The molecule has 1 aromatic heterocycles. The number of carbonyl (C=O) groups excluding carboxylic acids is 3. The first kappa shape index (κ1) is 24.4. The molecule has 0 aliphatic carbocycles. The Bertz CT molecular complexity index is 1110. The Kier molecular flexibility index (Phi) is 7.17. The molecule has 0 radical (unpaired) electrons. The second kappa shape index (κ2) is 10.3. The standard InChI is InChI=1S/C23H29FN6O5/c1-4-34-22(32)21-12-26-27-30(21)17-7-8-28(14(2)9-17)20-6-5-16(10-19(20)24)29-13-18(35-23(29)33)11-25-15(3)31/h5-6,10,12,14,17-18H,4,7-9,11,13H2,1-3H3,(H,25,31). The lowest BCUT2D eigenvalue weighted by Gasteiger charge is -2.39. The number of cyclic esters (lactones) is 1. The molecule has 3 atom stereocenters. The lowest BCUT2D eigenvalue weighted by atomic mass is 9.97. The Labute approximate surface area is 202 Å². The number of nitrogens with zero attached hydrogens (tertiary/aromatic N) is 5. The fourth-order valence-corrected chi connectivity index (χ4v) is 4.58. The van der Waals surface area contributed by atoms with Crippen molar-refractivity contribution in [1.82, 2.24) is 20.3 Å². The summed E-state index contributed by atoms with van der Waals surface area (Å²) in [6, 6.07) is 4.58. The highest BCUT2D eigenvalue weighted by atomic mass is 19.1. The van der Waals surface area contributed by atoms with E-state index < -0.39 is 24.0 Å². The van der Waals surface area contributed by atoms with E-state index in [1.165, 1.54) is 24.1 Å². The maximum absolute atomic E-state index is 15.2. The summed E-state index contributed by atoms with van der Waals surface area (Å²) in [7, 11) is 0. The molecular formula is C23H29FN6O5. The smallest absolute Gasteiger partial charge is 0.414 e. The van der Waals surface area contributed by atoms with Gasteiger partial charge in [0.25, 0.3) is 0 Å². The quantitative estimate of drug-likeness (QED) is 0.590. The molecule has 0 bridgehead atoms. The molecule has 2 fully saturated rings. The zero-order valence-corrected chi connectivity index (χ0v) is 19.9. The average Bonchev–Trinajstić information content (AvgIpc) is 3.45. The zero-order valence-electron chi connectivity index (χ0n) is 19.9. The molecule has 3 heterocycles. The Morgan fingerprint density at radius 1 is 1.34 bits per heavy atom. The summed E-state index contributed by atoms with van der Waals surface area (Å²) in [5.74, 6) is -1.12. The number of ether oxygens (including phenoxy) is 2. The Balaban J connectivity index is 1.43. The molecule has 2 aliphatic heterocycles. The first-order chi connectivity index (χ1) is 16.8. The van der Waals surface area contributed by atoms with Crippen molar-refractivity contribution in [3.8, 4) is 0 Å². The first-order valence-electron chi connectivity index (χ1n) is 11.6. The maximum atomic E-state index is 15.2. The molecule has 4 rings (SSSR count). The van der Waals surface area contributed by atoms with Crippen LogP contribution in [0.15, 0.2) is 24.4 Å². The van der Waals surface area contributed by atoms with Crippen molar-refractivity contribution in [3.05, 3.63) is 35.9 Å². The van der Waals surface area contributed by atoms with E-state index in [-0.39, 0.29) is 37.7 Å². The van der Waals surface area contributed by atoms with Crippen molar-refractivity contribution in [2.75, 3.05) is 36.0 Å². The highest BCUT2D eigenvalue weighted by Crippen LogP contribution is 2.34. The van der Waals surface area contributed by atoms with Crippen molar-refractivity contribution in [2.45, 2.75) is 51.8 Å². The van der Waals surface area contributed by atoms with Gasteiger partial charge in [0.2, 0.25) is 5.91 Å². The largest absolute Gasteiger partial charge is 0.461 e. The molecule has 35 heavy (non-hydrogen) atoms. The Hall–Kier alpha value is -3.70. The van der Waals surface area contributed by atoms with Gasteiger partial charge in [-0.3, -0.25) is 9.69 Å². The molecule has 0 spiro atoms. The molecule has 2 aliphatic rings. The summed E-state index contributed by atoms with van der Waals surface area (Å²) >= 11 is 0. The predicted molar refractivity (Wildman–Crippen MR) is 124 cm³/mol. The van der Waals surface area contributed by atoms with Gasteiger partial charge in [0.15, 0.2) is 5.69 Å². The number of amides is 2. The van der Waals surface area contributed by atoms with Crippen LogP contribution in [-0.2, 0) is 14.3 Å². The van der Waals surface area contributed by atoms with E-state index in [2.05, 4.69) is 15.6 Å². The molecule has 3 unspecified atom stereocenters. The van der Waals surface area contributed by atoms with Crippen LogP contribution in [0.5, 0.6) is 0 Å². The van der Waals surface area contributed by atoms with Gasteiger partial charge in [-0.05, 0) is 44.9 Å². The van der Waals surface area contributed by atoms with Crippen LogP contribution in [0.25, 0.3) is 0 Å². The number of carbonyl (C=O) groups is 3. The minimum absolute atomic E-state index is 0.0351. The summed E-state index contributed by atoms with van der Waals surface area (Å²) in [5, 5.41) is 10.6. The van der Waals surface area contributed by atoms with Gasteiger partial charge in [-0.1, -0.05) is 5.21 Å². The lowest BCUT2D eigenvalue weighted by molar-refractivity contribution is -0.119. The minimum atomic E-state index is -0.577. The second-order valence-electron chi connectivity index (χ2n) is 8.69. The SMILES string of the molecule is CCOC(=O)c1cnnn1C1CCN(c2ccc(N3CC(CNC(C)=O)OC3=O)cc2F)C(C)C1. The van der Waals surface area contributed by atoms with Crippen LogP contribution in [-0.4, -0.2) is 71.4 Å². The van der Waals surface area contributed by atoms with E-state index in [1.54, 1.807) is 23.7 Å². The first-order valence-corrected chi connectivity index (χ1v) is 11.6. The van der Waals surface area contributed by atoms with Crippen LogP contribution in [0, 0.1) is 5.82 Å². The molecule has 11 nitrogen and oxygen atoms in total. The van der Waals surface area contributed by atoms with E-state index in [4.69, 9.17) is 9.47 Å². The van der Waals surface area contributed by atoms with Crippen LogP contribution in [0.4, 0.5) is 20.6 Å². The number of halogens is 1. The predicted octanol–water partition coefficient (Wildman–Crippen LogP) is 2.29. The fourth-order valence-electron chi connectivity index (χ4n) is 4.58. The number of piperidine rings is 1. The van der Waals surface area contributed by atoms with E-state index in [0.717, 1.165) is 0 Å². The number of hydrogen-bond acceptors (Lipinski definition) is 8. The van der Waals surface area contributed by atoms with Gasteiger partial charge in [0.05, 0.1) is 43.3 Å². The third-order valence-electron chi connectivity index (χ3n) is 6.26. The second-order valence-corrected chi connectivity index (χ2v) is 8.69. The van der Waals surface area contributed by atoms with Crippen LogP contribution in [0.3, 0.4) is 0 Å². The third-order valence-corrected chi connectivity index (χ3v) is 6.26. The van der Waals surface area contributed by atoms with Crippen molar-refractivity contribution >= 4 is 29.3 Å². The number of anilines is 2. The molecule has 2 amide bonds. The van der Waals surface area contributed by atoms with Gasteiger partial charge in [0, 0.05) is 19.5 Å². The maximum Gasteiger partial charge on any atom is 0.414 e. The Morgan fingerprint density at radius 2 is 2.14 bits per heavy atom. The number of hydrogen-bond donors (Lipinski definition) is 1. The minimum Gasteiger partial charge on any atom is -0.461 e. The van der Waals surface area contributed by atoms with Gasteiger partial charge in [-0.25, -0.2) is 18.7 Å². The Morgan fingerprint density at radius 3 is 2.83 bits per heavy atom. The van der Waals surface area contributed by atoms with Crippen LogP contribution < -0.4 is 15.1 Å². The van der Waals surface area contributed by atoms with E-state index in [1.807, 2.05) is 11.8 Å². The molecule has 12 heteroatoms. The number of rotatable bonds is 7. The number of benzene rings is 1. The molecular weight excluding hydrogens is 459 g/mol. The monoisotopic (exact) mass is 488 g/mol. The van der Waals surface area contributed by atoms with Crippen LogP contribution in [0.2, 0.25) is 0 Å². The molecule has 1 N–H and O–H groups in total. The highest BCUT2D eigenvalue weighted by Gasteiger charge is 2.34. The van der Waals surface area contributed by atoms with Gasteiger partial charge in [-0.15, -0.1) is 5.10 Å². The summed E-state index contributed by atoms with van der Waals surface area (Å²) < 4.78 is 27.1. The summed E-state index contributed by atoms with van der Waals surface area (Å²) in [4.78, 5) is 38.9. The molecule has 2 saturated heterocycles. The fraction of sp³-hybridized carbons (Fsp3) is 0.522. The number of esters is 1. The number of aromatic nitrogens is 3. The molecule has 2 aromatic rings. The van der Waals surface area contributed by atoms with Crippen molar-refractivity contribution in [3.63, 3.8) is 0 Å². The normalized spacial score (nSPS) is 22.2. The van der Waals surface area contributed by atoms with E-state index in [0.29, 0.717) is 36.5 Å². The van der Waals surface area contributed by atoms with E-state index >= 15 is 4.39 Å². The molecule has 0 saturated carbocycles. The molecule has 1 aromatic carbocycles. The third kappa shape index (κ3) is 5.20. The van der Waals surface area contributed by atoms with Crippen molar-refractivity contribution in [2.24, 2.45) is 0 Å². The molecule has 188 valence electrons. The lowest BCUT2D eigenvalue weighted by Crippen LogP contribution is -2.42. The van der Waals surface area contributed by atoms with Crippen molar-refractivity contribution in [1.29, 1.82) is 0 Å². The van der Waals surface area contributed by atoms with Gasteiger partial charge >= 0.3 is 12.1 Å². The highest BCUT2D eigenvalue weighted by molar-refractivity contribution is 5.90. The van der Waals surface area contributed by atoms with Gasteiger partial charge in [-0.2, -0.15) is 0 Å². The van der Waals surface area contributed by atoms with Crippen molar-refractivity contribution < 1.29 is 28.2 Å². The number of nitrogens with one attached hydrogen (secondary N) is 1. The van der Waals surface area contributed by atoms with Gasteiger partial charge < -0.3 is 19.7 Å². The average molecular weight is 489 g/mol. The summed E-state index contributed by atoms with van der Waals surface area (Å²) in [6.07, 6.45) is 1.61. The van der Waals surface area contributed by atoms with Crippen LogP contribution in [0.1, 0.15) is 50.1 Å². The summed E-state index contributed by atoms with van der Waals surface area (Å²) in [5.41, 5.74) is 1.14. The zero-order chi connectivity index (χ0) is 25.1. The van der Waals surface area contributed by atoms with Gasteiger partial charge in [0.1, 0.15) is 11.9 Å².